The van der Waals surface area contributed by atoms with Crippen LogP contribution in [0.3, 0.4) is 0 Å². The Kier molecular flexibility index (Phi) is 6.14. The van der Waals surface area contributed by atoms with Crippen LogP contribution < -0.4 is 0 Å². The first kappa shape index (κ1) is 21.6. The van der Waals surface area contributed by atoms with Gasteiger partial charge in [-0.1, -0.05) is 36.4 Å². The van der Waals surface area contributed by atoms with Gasteiger partial charge in [-0.25, -0.2) is 0 Å². The molecule has 0 aliphatic carbocycles. The standard InChI is InChI=1S/C24H25F3N2O2/c25-24(26,27)20-9-8-17-10-12-29(14-19(17)13-20)23(31)15-28-11-4-7-21(22(28)16-30)18-5-2-1-3-6-18/h1-3,5-6,8-9,13,16,21-22H,4,7,10-12,14-15H2. The van der Waals surface area contributed by atoms with Crippen LogP contribution in [0.5, 0.6) is 0 Å². The van der Waals surface area contributed by atoms with E-state index in [1.54, 1.807) is 4.90 Å². The Hall–Kier alpha value is -2.67. The van der Waals surface area contributed by atoms with Gasteiger partial charge >= 0.3 is 6.18 Å². The number of rotatable bonds is 4. The van der Waals surface area contributed by atoms with Crippen LogP contribution in [0, 0.1) is 0 Å². The Balaban J connectivity index is 1.46. The zero-order valence-corrected chi connectivity index (χ0v) is 17.1. The summed E-state index contributed by atoms with van der Waals surface area (Å²) in [5, 5.41) is 0. The predicted octanol–water partition coefficient (Wildman–Crippen LogP) is 4.04. The summed E-state index contributed by atoms with van der Waals surface area (Å²) in [7, 11) is 0. The number of halogens is 3. The molecule has 0 aromatic heterocycles. The summed E-state index contributed by atoms with van der Waals surface area (Å²) in [5.74, 6) is -0.111. The average molecular weight is 430 g/mol. The number of hydrogen-bond donors (Lipinski definition) is 0. The molecule has 4 nitrogen and oxygen atoms in total. The lowest BCUT2D eigenvalue weighted by molar-refractivity contribution is -0.137. The maximum absolute atomic E-state index is 13.1. The van der Waals surface area contributed by atoms with Gasteiger partial charge in [-0.3, -0.25) is 9.69 Å². The van der Waals surface area contributed by atoms with Crippen LogP contribution >= 0.6 is 0 Å². The molecule has 0 radical (unpaired) electrons. The van der Waals surface area contributed by atoms with Crippen molar-refractivity contribution < 1.29 is 22.8 Å². The van der Waals surface area contributed by atoms with Crippen LogP contribution in [0.1, 0.15) is 41.0 Å². The molecule has 31 heavy (non-hydrogen) atoms. The summed E-state index contributed by atoms with van der Waals surface area (Å²) in [6.07, 6.45) is -1.18. The summed E-state index contributed by atoms with van der Waals surface area (Å²) >= 11 is 0. The third-order valence-corrected chi connectivity index (χ3v) is 6.40. The highest BCUT2D eigenvalue weighted by Gasteiger charge is 2.35. The van der Waals surface area contributed by atoms with Crippen molar-refractivity contribution >= 4 is 12.2 Å². The summed E-state index contributed by atoms with van der Waals surface area (Å²) in [5.41, 5.74) is 1.79. The van der Waals surface area contributed by atoms with Crippen molar-refractivity contribution in [2.24, 2.45) is 0 Å². The third kappa shape index (κ3) is 4.66. The summed E-state index contributed by atoms with van der Waals surface area (Å²) in [6.45, 7) is 1.39. The quantitative estimate of drug-likeness (QED) is 0.688. The molecule has 1 saturated heterocycles. The first-order chi connectivity index (χ1) is 14.9. The van der Waals surface area contributed by atoms with E-state index in [4.69, 9.17) is 0 Å². The first-order valence-electron chi connectivity index (χ1n) is 10.6. The van der Waals surface area contributed by atoms with Crippen molar-refractivity contribution in [1.82, 2.24) is 9.80 Å². The summed E-state index contributed by atoms with van der Waals surface area (Å²) in [4.78, 5) is 28.5. The van der Waals surface area contributed by atoms with Crippen LogP contribution in [0.2, 0.25) is 0 Å². The molecular weight excluding hydrogens is 405 g/mol. The minimum Gasteiger partial charge on any atom is -0.337 e. The monoisotopic (exact) mass is 430 g/mol. The Morgan fingerprint density at radius 2 is 1.84 bits per heavy atom. The van der Waals surface area contributed by atoms with E-state index in [2.05, 4.69) is 0 Å². The lowest BCUT2D eigenvalue weighted by atomic mass is 9.84. The summed E-state index contributed by atoms with van der Waals surface area (Å²) < 4.78 is 39.2. The van der Waals surface area contributed by atoms with Crippen molar-refractivity contribution in [2.45, 2.75) is 43.9 Å². The minimum atomic E-state index is -4.40. The molecule has 0 spiro atoms. The van der Waals surface area contributed by atoms with E-state index in [1.165, 1.54) is 6.07 Å². The second kappa shape index (κ2) is 8.83. The van der Waals surface area contributed by atoms with E-state index in [0.717, 1.165) is 42.4 Å². The number of hydrogen-bond acceptors (Lipinski definition) is 3. The second-order valence-electron chi connectivity index (χ2n) is 8.30. The van der Waals surface area contributed by atoms with Crippen LogP contribution in [0.4, 0.5) is 13.2 Å². The Labute approximate surface area is 179 Å². The Bertz CT molecular complexity index is 946. The van der Waals surface area contributed by atoms with E-state index in [0.29, 0.717) is 25.1 Å². The number of nitrogens with zero attached hydrogens (tertiary/aromatic N) is 2. The highest BCUT2D eigenvalue weighted by atomic mass is 19.4. The van der Waals surface area contributed by atoms with E-state index < -0.39 is 11.7 Å². The van der Waals surface area contributed by atoms with Gasteiger partial charge in [-0.2, -0.15) is 13.2 Å². The molecule has 2 aliphatic heterocycles. The van der Waals surface area contributed by atoms with Gasteiger partial charge in [0.15, 0.2) is 0 Å². The third-order valence-electron chi connectivity index (χ3n) is 6.40. The lowest BCUT2D eigenvalue weighted by Gasteiger charge is -2.39. The van der Waals surface area contributed by atoms with Gasteiger partial charge in [-0.15, -0.1) is 0 Å². The van der Waals surface area contributed by atoms with Gasteiger partial charge < -0.3 is 9.69 Å². The molecule has 2 atom stereocenters. The van der Waals surface area contributed by atoms with Crippen LogP contribution in [-0.2, 0) is 28.7 Å². The number of carbonyl (C=O) groups is 2. The van der Waals surface area contributed by atoms with Gasteiger partial charge in [0.05, 0.1) is 18.2 Å². The summed E-state index contributed by atoms with van der Waals surface area (Å²) in [6, 6.07) is 13.2. The molecule has 0 N–H and O–H groups in total. The smallest absolute Gasteiger partial charge is 0.337 e. The van der Waals surface area contributed by atoms with E-state index in [-0.39, 0.29) is 31.0 Å². The highest BCUT2D eigenvalue weighted by molar-refractivity contribution is 5.79. The van der Waals surface area contributed by atoms with Gasteiger partial charge in [0.25, 0.3) is 0 Å². The molecule has 2 aromatic carbocycles. The van der Waals surface area contributed by atoms with Crippen molar-refractivity contribution in [2.75, 3.05) is 19.6 Å². The van der Waals surface area contributed by atoms with Gasteiger partial charge in [0, 0.05) is 19.0 Å². The number of likely N-dealkylation sites (tertiary alicyclic amines) is 1. The molecule has 2 unspecified atom stereocenters. The van der Waals surface area contributed by atoms with Crippen molar-refractivity contribution in [1.29, 1.82) is 0 Å². The zero-order valence-electron chi connectivity index (χ0n) is 17.1. The Morgan fingerprint density at radius 3 is 2.55 bits per heavy atom. The molecule has 2 aromatic rings. The number of alkyl halides is 3. The number of piperidine rings is 1. The van der Waals surface area contributed by atoms with Gasteiger partial charge in [0.2, 0.25) is 5.91 Å². The van der Waals surface area contributed by atoms with E-state index >= 15 is 0 Å². The maximum atomic E-state index is 13.1. The highest BCUT2D eigenvalue weighted by Crippen LogP contribution is 2.33. The molecular formula is C24H25F3N2O2. The zero-order chi connectivity index (χ0) is 22.0. The van der Waals surface area contributed by atoms with Crippen molar-refractivity contribution in [3.63, 3.8) is 0 Å². The first-order valence-corrected chi connectivity index (χ1v) is 10.6. The largest absolute Gasteiger partial charge is 0.416 e. The molecule has 0 bridgehead atoms. The molecule has 0 saturated carbocycles. The lowest BCUT2D eigenvalue weighted by Crippen LogP contribution is -2.50. The molecule has 164 valence electrons. The molecule has 2 heterocycles. The molecule has 2 aliphatic rings. The molecule has 4 rings (SSSR count). The fourth-order valence-corrected chi connectivity index (χ4v) is 4.74. The molecule has 1 amide bonds. The Morgan fingerprint density at radius 1 is 1.06 bits per heavy atom. The average Bonchev–Trinajstić information content (AvgIpc) is 2.78. The second-order valence-corrected chi connectivity index (χ2v) is 8.30. The number of aldehydes is 1. The number of amides is 1. The fraction of sp³-hybridized carbons (Fsp3) is 0.417. The molecule has 7 heteroatoms. The predicted molar refractivity (Wildman–Crippen MR) is 110 cm³/mol. The van der Waals surface area contributed by atoms with Gasteiger partial charge in [-0.05, 0) is 54.6 Å². The van der Waals surface area contributed by atoms with Crippen molar-refractivity contribution in [3.05, 3.63) is 70.8 Å². The van der Waals surface area contributed by atoms with Crippen LogP contribution in [-0.4, -0.2) is 47.7 Å². The van der Waals surface area contributed by atoms with Crippen LogP contribution in [0.15, 0.2) is 48.5 Å². The van der Waals surface area contributed by atoms with Crippen LogP contribution in [0.25, 0.3) is 0 Å². The number of fused-ring (bicyclic) bond motifs is 1. The van der Waals surface area contributed by atoms with Crippen molar-refractivity contribution in [3.8, 4) is 0 Å². The minimum absolute atomic E-state index is 0.0386. The van der Waals surface area contributed by atoms with E-state index in [1.807, 2.05) is 35.2 Å². The maximum Gasteiger partial charge on any atom is 0.416 e. The number of carbonyl (C=O) groups excluding carboxylic acids is 2. The van der Waals surface area contributed by atoms with E-state index in [9.17, 15) is 22.8 Å². The molecule has 1 fully saturated rings. The SMILES string of the molecule is O=CC1C(c2ccccc2)CCCN1CC(=O)N1CCc2ccc(C(F)(F)F)cc2C1. The fourth-order valence-electron chi connectivity index (χ4n) is 4.74. The van der Waals surface area contributed by atoms with Gasteiger partial charge in [0.1, 0.15) is 6.29 Å². The normalized spacial score (nSPS) is 22.1. The topological polar surface area (TPSA) is 40.6 Å². The number of benzene rings is 2.